The third-order valence-electron chi connectivity index (χ3n) is 7.00. The van der Waals surface area contributed by atoms with Crippen molar-refractivity contribution in [1.29, 1.82) is 0 Å². The molecule has 0 saturated carbocycles. The molecule has 0 N–H and O–H groups in total. The number of nitrogens with zero attached hydrogens (tertiary/aromatic N) is 2. The van der Waals surface area contributed by atoms with Gasteiger partial charge >= 0.3 is 0 Å². The van der Waals surface area contributed by atoms with E-state index in [9.17, 15) is 0 Å². The quantitative estimate of drug-likeness (QED) is 0.250. The minimum absolute atomic E-state index is 0.613. The van der Waals surface area contributed by atoms with Crippen molar-refractivity contribution >= 4 is 16.6 Å². The summed E-state index contributed by atoms with van der Waals surface area (Å²) >= 11 is 0. The first kappa shape index (κ1) is 23.1. The van der Waals surface area contributed by atoms with Gasteiger partial charge in [0.25, 0.3) is 0 Å². The summed E-state index contributed by atoms with van der Waals surface area (Å²) < 4.78 is 0. The number of unbranched alkanes of at least 4 members (excludes halogenated alkanes) is 4. The van der Waals surface area contributed by atoms with Crippen LogP contribution >= 0.6 is 0 Å². The molecule has 0 amide bonds. The maximum absolute atomic E-state index is 5.53. The Kier molecular flexibility index (Phi) is 7.50. The van der Waals surface area contributed by atoms with Gasteiger partial charge < -0.3 is 4.90 Å². The van der Waals surface area contributed by atoms with Crippen LogP contribution in [0.2, 0.25) is 0 Å². The number of benzene rings is 2. The lowest BCUT2D eigenvalue weighted by Gasteiger charge is -2.29. The number of rotatable bonds is 9. The summed E-state index contributed by atoms with van der Waals surface area (Å²) in [6.45, 7) is 10.1. The largest absolute Gasteiger partial charge is 0.369 e. The molecule has 0 spiro atoms. The Morgan fingerprint density at radius 3 is 2.58 bits per heavy atom. The molecule has 1 aliphatic heterocycles. The van der Waals surface area contributed by atoms with Gasteiger partial charge in [-0.05, 0) is 67.6 Å². The van der Waals surface area contributed by atoms with Crippen molar-refractivity contribution in [1.82, 2.24) is 9.88 Å². The third kappa shape index (κ3) is 5.31. The van der Waals surface area contributed by atoms with Gasteiger partial charge in [-0.1, -0.05) is 69.7 Å². The van der Waals surface area contributed by atoms with Crippen LogP contribution in [0.25, 0.3) is 27.7 Å². The molecule has 1 aromatic heterocycles. The number of aryl methyl sites for hydroxylation is 1. The zero-order valence-electron chi connectivity index (χ0n) is 20.2. The summed E-state index contributed by atoms with van der Waals surface area (Å²) in [5, 5.41) is 1.18. The van der Waals surface area contributed by atoms with E-state index in [-0.39, 0.29) is 0 Å². The summed E-state index contributed by atoms with van der Waals surface area (Å²) in [6.07, 6.45) is 16.0. The topological polar surface area (TPSA) is 16.1 Å². The first-order chi connectivity index (χ1) is 16.1. The van der Waals surface area contributed by atoms with Crippen molar-refractivity contribution < 1.29 is 0 Å². The first-order valence-corrected chi connectivity index (χ1v) is 12.5. The van der Waals surface area contributed by atoms with Gasteiger partial charge in [0.05, 0.1) is 5.52 Å². The molecule has 2 nitrogen and oxygen atoms in total. The van der Waals surface area contributed by atoms with Crippen LogP contribution in [-0.2, 0) is 0 Å². The first-order valence-electron chi connectivity index (χ1n) is 12.5. The van der Waals surface area contributed by atoms with Gasteiger partial charge in [-0.15, -0.1) is 6.42 Å². The highest BCUT2D eigenvalue weighted by atomic mass is 15.2. The average molecular weight is 437 g/mol. The average Bonchev–Trinajstić information content (AvgIpc) is 3.31. The maximum Gasteiger partial charge on any atom is 0.0712 e. The van der Waals surface area contributed by atoms with E-state index in [0.717, 1.165) is 29.0 Å². The van der Waals surface area contributed by atoms with Crippen molar-refractivity contribution in [2.45, 2.75) is 71.3 Å². The molecule has 1 atom stereocenters. The zero-order valence-corrected chi connectivity index (χ0v) is 20.2. The molecule has 0 radical (unpaired) electrons. The fraction of sp³-hybridized carbons (Fsp3) is 0.387. The molecule has 1 unspecified atom stereocenters. The van der Waals surface area contributed by atoms with Gasteiger partial charge in [-0.2, -0.15) is 0 Å². The lowest BCUT2D eigenvalue weighted by atomic mass is 9.97. The number of likely N-dealkylation sites (tertiary alicyclic amines) is 1. The fourth-order valence-corrected chi connectivity index (χ4v) is 5.16. The van der Waals surface area contributed by atoms with E-state index in [1.165, 1.54) is 73.4 Å². The number of terminal acetylenes is 1. The Bertz CT molecular complexity index is 1150. The predicted octanol–water partition coefficient (Wildman–Crippen LogP) is 7.99. The number of aromatic nitrogens is 1. The molecule has 0 bridgehead atoms. The lowest BCUT2D eigenvalue weighted by Crippen LogP contribution is -2.27. The Morgan fingerprint density at radius 2 is 1.82 bits per heavy atom. The van der Waals surface area contributed by atoms with E-state index in [0.29, 0.717) is 6.04 Å². The molecule has 170 valence electrons. The van der Waals surface area contributed by atoms with E-state index in [1.807, 2.05) is 12.1 Å². The summed E-state index contributed by atoms with van der Waals surface area (Å²) in [6, 6.07) is 17.6. The van der Waals surface area contributed by atoms with E-state index < -0.39 is 0 Å². The number of pyridine rings is 1. The van der Waals surface area contributed by atoms with Crippen LogP contribution in [0.15, 0.2) is 55.1 Å². The third-order valence-corrected chi connectivity index (χ3v) is 7.00. The van der Waals surface area contributed by atoms with Gasteiger partial charge in [0.2, 0.25) is 0 Å². The number of fused-ring (bicyclic) bond motifs is 1. The van der Waals surface area contributed by atoms with Gasteiger partial charge in [0, 0.05) is 40.5 Å². The highest BCUT2D eigenvalue weighted by molar-refractivity contribution is 5.94. The van der Waals surface area contributed by atoms with Gasteiger partial charge in [-0.25, -0.2) is 0 Å². The standard InChI is InChI=1S/C31H36N2/c1-5-7-8-9-10-12-28-13-11-20-33(28)24(4)29-21-23(3)32-31-19-18-27(22-30(29)31)26-16-14-25(6-2)15-17-26/h2,14-19,21-22,28H,4-5,7-13,20H2,1,3H3. The molecule has 2 heteroatoms. The maximum atomic E-state index is 5.53. The van der Waals surface area contributed by atoms with Crippen molar-refractivity contribution in [3.05, 3.63) is 71.9 Å². The van der Waals surface area contributed by atoms with Gasteiger partial charge in [-0.3, -0.25) is 4.98 Å². The summed E-state index contributed by atoms with van der Waals surface area (Å²) in [5.74, 6) is 2.70. The van der Waals surface area contributed by atoms with Gasteiger partial charge in [0.1, 0.15) is 0 Å². The van der Waals surface area contributed by atoms with Crippen LogP contribution < -0.4 is 0 Å². The second kappa shape index (κ2) is 10.7. The highest BCUT2D eigenvalue weighted by Gasteiger charge is 2.26. The Hall–Kier alpha value is -3.05. The lowest BCUT2D eigenvalue weighted by molar-refractivity contribution is 0.341. The van der Waals surface area contributed by atoms with Crippen LogP contribution in [0, 0.1) is 19.3 Å². The van der Waals surface area contributed by atoms with Crippen LogP contribution in [-0.4, -0.2) is 22.5 Å². The normalized spacial score (nSPS) is 15.7. The van der Waals surface area contributed by atoms with E-state index in [4.69, 9.17) is 11.4 Å². The molecule has 1 saturated heterocycles. The number of hydrogen-bond donors (Lipinski definition) is 0. The van der Waals surface area contributed by atoms with Crippen LogP contribution in [0.3, 0.4) is 0 Å². The van der Waals surface area contributed by atoms with Crippen LogP contribution in [0.1, 0.15) is 75.1 Å². The second-order valence-corrected chi connectivity index (χ2v) is 9.40. The molecular formula is C31H36N2. The van der Waals surface area contributed by atoms with Crippen molar-refractivity contribution in [3.8, 4) is 23.5 Å². The predicted molar refractivity (Wildman–Crippen MR) is 142 cm³/mol. The molecule has 1 aliphatic rings. The minimum Gasteiger partial charge on any atom is -0.369 e. The number of hydrogen-bond acceptors (Lipinski definition) is 2. The highest BCUT2D eigenvalue weighted by Crippen LogP contribution is 2.35. The molecule has 2 aromatic carbocycles. The second-order valence-electron chi connectivity index (χ2n) is 9.40. The molecule has 2 heterocycles. The fourth-order valence-electron chi connectivity index (χ4n) is 5.16. The van der Waals surface area contributed by atoms with E-state index in [1.54, 1.807) is 0 Å². The minimum atomic E-state index is 0.613. The van der Waals surface area contributed by atoms with Crippen molar-refractivity contribution in [2.24, 2.45) is 0 Å². The Morgan fingerprint density at radius 1 is 1.06 bits per heavy atom. The Labute approximate surface area is 199 Å². The summed E-state index contributed by atoms with van der Waals surface area (Å²) in [7, 11) is 0. The molecule has 3 aromatic rings. The summed E-state index contributed by atoms with van der Waals surface area (Å²) in [5.41, 5.74) is 7.70. The van der Waals surface area contributed by atoms with E-state index in [2.05, 4.69) is 67.6 Å². The SMILES string of the molecule is C#Cc1ccc(-c2ccc3nc(C)cc(C(=C)N4CCCC4CCCCCCC)c3c2)cc1. The molecular weight excluding hydrogens is 400 g/mol. The van der Waals surface area contributed by atoms with Crippen molar-refractivity contribution in [2.75, 3.05) is 6.54 Å². The molecule has 0 aliphatic carbocycles. The van der Waals surface area contributed by atoms with Gasteiger partial charge in [0.15, 0.2) is 0 Å². The van der Waals surface area contributed by atoms with Crippen LogP contribution in [0.4, 0.5) is 0 Å². The molecule has 4 rings (SSSR count). The van der Waals surface area contributed by atoms with Crippen molar-refractivity contribution in [3.63, 3.8) is 0 Å². The molecule has 33 heavy (non-hydrogen) atoms. The smallest absolute Gasteiger partial charge is 0.0712 e. The Balaban J connectivity index is 1.61. The van der Waals surface area contributed by atoms with E-state index >= 15 is 0 Å². The zero-order chi connectivity index (χ0) is 23.2. The molecule has 1 fully saturated rings. The monoisotopic (exact) mass is 436 g/mol. The summed E-state index contributed by atoms with van der Waals surface area (Å²) in [4.78, 5) is 7.39. The van der Waals surface area contributed by atoms with Crippen LogP contribution in [0.5, 0.6) is 0 Å².